The molecule has 0 spiro atoms. The summed E-state index contributed by atoms with van der Waals surface area (Å²) in [5, 5.41) is 3.33. The van der Waals surface area contributed by atoms with Gasteiger partial charge in [-0.05, 0) is 33.8 Å². The zero-order valence-corrected chi connectivity index (χ0v) is 13.6. The number of halogens is 1. The number of thioether (sulfide) groups is 1. The Labute approximate surface area is 125 Å². The van der Waals surface area contributed by atoms with Gasteiger partial charge in [0.25, 0.3) is 0 Å². The molecule has 0 amide bonds. The number of rotatable bonds is 3. The highest BCUT2D eigenvalue weighted by molar-refractivity contribution is 7.99. The van der Waals surface area contributed by atoms with E-state index in [9.17, 15) is 4.39 Å². The maximum atomic E-state index is 14.7. The van der Waals surface area contributed by atoms with Crippen LogP contribution in [0.1, 0.15) is 33.3 Å². The second-order valence-corrected chi connectivity index (χ2v) is 7.48. The lowest BCUT2D eigenvalue weighted by molar-refractivity contribution is 0.418. The third-order valence-electron chi connectivity index (χ3n) is 3.40. The summed E-state index contributed by atoms with van der Waals surface area (Å²) < 4.78 is 14.7. The molecule has 0 bridgehead atoms. The Morgan fingerprint density at radius 2 is 2.25 bits per heavy atom. The molecule has 1 unspecified atom stereocenters. The van der Waals surface area contributed by atoms with Gasteiger partial charge in [-0.15, -0.1) is 0 Å². The van der Waals surface area contributed by atoms with Crippen molar-refractivity contribution in [1.82, 2.24) is 10.3 Å². The molecule has 2 heterocycles. The molecule has 1 aromatic heterocycles. The Morgan fingerprint density at radius 1 is 1.50 bits per heavy atom. The largest absolute Gasteiger partial charge is 0.350 e. The fourth-order valence-electron chi connectivity index (χ4n) is 2.21. The summed E-state index contributed by atoms with van der Waals surface area (Å²) in [7, 11) is 0. The van der Waals surface area contributed by atoms with Crippen molar-refractivity contribution in [3.8, 4) is 0 Å². The summed E-state index contributed by atoms with van der Waals surface area (Å²) in [6, 6.07) is 2.10. The summed E-state index contributed by atoms with van der Waals surface area (Å²) >= 11 is 1.92. The Morgan fingerprint density at radius 3 is 2.90 bits per heavy atom. The number of aromatic nitrogens is 1. The number of hydrogen-bond acceptors (Lipinski definition) is 4. The van der Waals surface area contributed by atoms with Gasteiger partial charge in [0.15, 0.2) is 11.6 Å². The number of anilines is 1. The van der Waals surface area contributed by atoms with Crippen molar-refractivity contribution in [3.05, 3.63) is 23.6 Å². The van der Waals surface area contributed by atoms with E-state index in [1.165, 1.54) is 0 Å². The van der Waals surface area contributed by atoms with Crippen LogP contribution in [0.3, 0.4) is 0 Å². The third kappa shape index (κ3) is 3.85. The van der Waals surface area contributed by atoms with Crippen molar-refractivity contribution in [2.45, 2.75) is 45.8 Å². The predicted molar refractivity (Wildman–Crippen MR) is 84.9 cm³/mol. The second kappa shape index (κ2) is 6.31. The summed E-state index contributed by atoms with van der Waals surface area (Å²) in [5.41, 5.74) is 0.667. The highest BCUT2D eigenvalue weighted by atomic mass is 32.2. The molecule has 1 saturated heterocycles. The first-order chi connectivity index (χ1) is 9.38. The van der Waals surface area contributed by atoms with Crippen molar-refractivity contribution in [2.24, 2.45) is 0 Å². The maximum Gasteiger partial charge on any atom is 0.170 e. The van der Waals surface area contributed by atoms with Crippen LogP contribution < -0.4 is 10.2 Å². The number of nitrogens with one attached hydrogen (secondary N) is 1. The number of hydrogen-bond donors (Lipinski definition) is 1. The van der Waals surface area contributed by atoms with Gasteiger partial charge in [0, 0.05) is 47.9 Å². The molecular formula is C15H24FN3S. The van der Waals surface area contributed by atoms with Crippen molar-refractivity contribution >= 4 is 17.6 Å². The first kappa shape index (κ1) is 15.6. The maximum absolute atomic E-state index is 14.7. The zero-order chi connectivity index (χ0) is 14.8. The van der Waals surface area contributed by atoms with Gasteiger partial charge >= 0.3 is 0 Å². The predicted octanol–water partition coefficient (Wildman–Crippen LogP) is 3.05. The molecule has 1 aromatic rings. The van der Waals surface area contributed by atoms with E-state index in [4.69, 9.17) is 0 Å². The Balaban J connectivity index is 2.18. The van der Waals surface area contributed by atoms with Crippen LogP contribution in [0.2, 0.25) is 0 Å². The minimum atomic E-state index is -0.178. The molecule has 0 aliphatic carbocycles. The van der Waals surface area contributed by atoms with E-state index in [-0.39, 0.29) is 11.4 Å². The normalized spacial score (nSPS) is 20.2. The van der Waals surface area contributed by atoms with Crippen molar-refractivity contribution in [1.29, 1.82) is 0 Å². The molecule has 0 aromatic carbocycles. The van der Waals surface area contributed by atoms with Crippen LogP contribution in [-0.2, 0) is 6.54 Å². The molecule has 1 aliphatic rings. The van der Waals surface area contributed by atoms with Crippen molar-refractivity contribution in [2.75, 3.05) is 23.0 Å². The first-order valence-electron chi connectivity index (χ1n) is 7.11. The van der Waals surface area contributed by atoms with Gasteiger partial charge in [0.05, 0.1) is 0 Å². The van der Waals surface area contributed by atoms with Gasteiger partial charge in [-0.25, -0.2) is 9.37 Å². The van der Waals surface area contributed by atoms with Gasteiger partial charge in [0.1, 0.15) is 0 Å². The van der Waals surface area contributed by atoms with Gasteiger partial charge in [-0.2, -0.15) is 11.8 Å². The van der Waals surface area contributed by atoms with Gasteiger partial charge in [-0.1, -0.05) is 0 Å². The molecule has 1 aliphatic heterocycles. The van der Waals surface area contributed by atoms with E-state index in [1.54, 1.807) is 12.3 Å². The fourth-order valence-corrected chi connectivity index (χ4v) is 3.22. The van der Waals surface area contributed by atoms with Crippen LogP contribution in [0.4, 0.5) is 10.2 Å². The Bertz CT molecular complexity index is 459. The van der Waals surface area contributed by atoms with E-state index in [2.05, 4.69) is 42.9 Å². The molecule has 3 nitrogen and oxygen atoms in total. The molecule has 2 rings (SSSR count). The van der Waals surface area contributed by atoms with Crippen LogP contribution in [0.15, 0.2) is 12.3 Å². The number of pyridine rings is 1. The van der Waals surface area contributed by atoms with Crippen LogP contribution in [-0.4, -0.2) is 34.6 Å². The molecule has 112 valence electrons. The zero-order valence-electron chi connectivity index (χ0n) is 12.7. The van der Waals surface area contributed by atoms with Gasteiger partial charge < -0.3 is 10.2 Å². The quantitative estimate of drug-likeness (QED) is 0.928. The van der Waals surface area contributed by atoms with Crippen molar-refractivity contribution in [3.63, 3.8) is 0 Å². The average molecular weight is 297 g/mol. The fraction of sp³-hybridized carbons (Fsp3) is 0.667. The minimum absolute atomic E-state index is 0.0229. The van der Waals surface area contributed by atoms with Crippen LogP contribution >= 0.6 is 11.8 Å². The molecule has 1 fully saturated rings. The van der Waals surface area contributed by atoms with Crippen LogP contribution in [0, 0.1) is 5.82 Å². The van der Waals surface area contributed by atoms with Gasteiger partial charge in [-0.3, -0.25) is 0 Å². The highest BCUT2D eigenvalue weighted by Gasteiger charge is 2.24. The number of nitrogens with zero attached hydrogens (tertiary/aromatic N) is 2. The van der Waals surface area contributed by atoms with E-state index in [0.717, 1.165) is 18.1 Å². The first-order valence-corrected chi connectivity index (χ1v) is 8.27. The Hall–Kier alpha value is -0.810. The molecule has 20 heavy (non-hydrogen) atoms. The van der Waals surface area contributed by atoms with Gasteiger partial charge in [0.2, 0.25) is 0 Å². The average Bonchev–Trinajstić information content (AvgIpc) is 2.38. The molecule has 0 saturated carbocycles. The lowest BCUT2D eigenvalue weighted by Gasteiger charge is -2.34. The summed E-state index contributed by atoms with van der Waals surface area (Å²) in [4.78, 5) is 6.36. The smallest absolute Gasteiger partial charge is 0.170 e. The minimum Gasteiger partial charge on any atom is -0.350 e. The summed E-state index contributed by atoms with van der Waals surface area (Å²) in [6.45, 7) is 9.77. The topological polar surface area (TPSA) is 28.2 Å². The van der Waals surface area contributed by atoms with E-state index < -0.39 is 0 Å². The summed E-state index contributed by atoms with van der Waals surface area (Å²) in [6.07, 6.45) is 1.71. The Kier molecular flexibility index (Phi) is 4.91. The second-order valence-electron chi connectivity index (χ2n) is 6.33. The SMILES string of the molecule is CC1CSCCN1c1nccc(CNC(C)(C)C)c1F. The standard InChI is InChI=1S/C15H24FN3S/c1-11-10-20-8-7-19(11)14-13(16)12(5-6-17-14)9-18-15(2,3)4/h5-6,11,18H,7-10H2,1-4H3. The van der Waals surface area contributed by atoms with E-state index in [0.29, 0.717) is 24.0 Å². The van der Waals surface area contributed by atoms with E-state index >= 15 is 0 Å². The molecule has 1 N–H and O–H groups in total. The lowest BCUT2D eigenvalue weighted by Crippen LogP contribution is -2.41. The molecule has 0 radical (unpaired) electrons. The lowest BCUT2D eigenvalue weighted by atomic mass is 10.1. The van der Waals surface area contributed by atoms with Crippen LogP contribution in [0.25, 0.3) is 0 Å². The molecule has 1 atom stereocenters. The monoisotopic (exact) mass is 297 g/mol. The third-order valence-corrected chi connectivity index (χ3v) is 4.59. The molecule has 5 heteroatoms. The van der Waals surface area contributed by atoms with Crippen molar-refractivity contribution < 1.29 is 4.39 Å². The highest BCUT2D eigenvalue weighted by Crippen LogP contribution is 2.26. The van der Waals surface area contributed by atoms with E-state index in [1.807, 2.05) is 11.8 Å². The van der Waals surface area contributed by atoms with Crippen LogP contribution in [0.5, 0.6) is 0 Å². The molecular weight excluding hydrogens is 273 g/mol. The summed E-state index contributed by atoms with van der Waals surface area (Å²) in [5.74, 6) is 2.40.